The summed E-state index contributed by atoms with van der Waals surface area (Å²) in [7, 11) is 1.40. The summed E-state index contributed by atoms with van der Waals surface area (Å²) in [6.45, 7) is 0. The van der Waals surface area contributed by atoms with E-state index < -0.39 is 0 Å². The smallest absolute Gasteiger partial charge is 0.330 e. The molecule has 3 heteroatoms. The predicted molar refractivity (Wildman–Crippen MR) is 42.6 cm³/mol. The van der Waals surface area contributed by atoms with Crippen LogP contribution in [-0.2, 0) is 14.3 Å². The molecule has 2 aliphatic heterocycles. The largest absolute Gasteiger partial charge is 0.466 e. The normalized spacial score (nSPS) is 35.9. The van der Waals surface area contributed by atoms with Crippen LogP contribution >= 0.6 is 0 Å². The van der Waals surface area contributed by atoms with Gasteiger partial charge in [-0.1, -0.05) is 0 Å². The lowest BCUT2D eigenvalue weighted by atomic mass is 9.95. The molecule has 2 rings (SSSR count). The van der Waals surface area contributed by atoms with Crippen molar-refractivity contribution >= 4 is 5.97 Å². The van der Waals surface area contributed by atoms with Gasteiger partial charge in [-0.25, -0.2) is 4.79 Å². The van der Waals surface area contributed by atoms with Crippen molar-refractivity contribution in [2.75, 3.05) is 7.11 Å². The van der Waals surface area contributed by atoms with Crippen molar-refractivity contribution in [3.63, 3.8) is 0 Å². The van der Waals surface area contributed by atoms with Crippen LogP contribution in [0.25, 0.3) is 0 Å². The maximum atomic E-state index is 10.9. The summed E-state index contributed by atoms with van der Waals surface area (Å²) < 4.78 is 10.1. The van der Waals surface area contributed by atoms with Crippen molar-refractivity contribution in [1.82, 2.24) is 0 Å². The molecule has 12 heavy (non-hydrogen) atoms. The number of ether oxygens (including phenoxy) is 2. The van der Waals surface area contributed by atoms with E-state index in [1.165, 1.54) is 7.11 Å². The van der Waals surface area contributed by atoms with E-state index in [0.29, 0.717) is 6.10 Å². The molecular formula is C9H12O3. The molecule has 0 aliphatic carbocycles. The Morgan fingerprint density at radius 1 is 1.67 bits per heavy atom. The molecule has 2 aliphatic rings. The Kier molecular flexibility index (Phi) is 1.89. The molecule has 0 aromatic carbocycles. The summed E-state index contributed by atoms with van der Waals surface area (Å²) >= 11 is 0. The third-order valence-electron chi connectivity index (χ3n) is 2.49. The van der Waals surface area contributed by atoms with Crippen LogP contribution in [0.1, 0.15) is 19.3 Å². The molecule has 0 unspecified atom stereocenters. The third-order valence-corrected chi connectivity index (χ3v) is 2.49. The summed E-state index contributed by atoms with van der Waals surface area (Å²) in [5.41, 5.74) is 1.11. The minimum absolute atomic E-state index is 0.203. The number of esters is 1. The van der Waals surface area contributed by atoms with Crippen molar-refractivity contribution in [3.05, 3.63) is 11.6 Å². The molecule has 0 radical (unpaired) electrons. The number of carbonyl (C=O) groups is 1. The first-order valence-corrected chi connectivity index (χ1v) is 4.23. The van der Waals surface area contributed by atoms with E-state index in [9.17, 15) is 4.79 Å². The van der Waals surface area contributed by atoms with Crippen molar-refractivity contribution in [2.24, 2.45) is 0 Å². The zero-order valence-electron chi connectivity index (χ0n) is 7.08. The van der Waals surface area contributed by atoms with Crippen molar-refractivity contribution in [2.45, 2.75) is 31.5 Å². The Labute approximate surface area is 71.3 Å². The zero-order chi connectivity index (χ0) is 8.55. The number of hydrogen-bond donors (Lipinski definition) is 0. The Morgan fingerprint density at radius 3 is 3.00 bits per heavy atom. The van der Waals surface area contributed by atoms with Gasteiger partial charge in [0, 0.05) is 6.08 Å². The molecule has 3 nitrogen and oxygen atoms in total. The van der Waals surface area contributed by atoms with Gasteiger partial charge in [-0.2, -0.15) is 0 Å². The number of hydrogen-bond acceptors (Lipinski definition) is 3. The molecule has 0 saturated carbocycles. The number of carbonyl (C=O) groups excluding carboxylic acids is 1. The van der Waals surface area contributed by atoms with E-state index >= 15 is 0 Å². The lowest BCUT2D eigenvalue weighted by Crippen LogP contribution is -2.08. The molecule has 2 bridgehead atoms. The summed E-state index contributed by atoms with van der Waals surface area (Å²) in [6.07, 6.45) is 5.26. The van der Waals surface area contributed by atoms with E-state index in [1.54, 1.807) is 6.08 Å². The molecule has 2 fully saturated rings. The van der Waals surface area contributed by atoms with E-state index in [4.69, 9.17) is 4.74 Å². The van der Waals surface area contributed by atoms with Gasteiger partial charge in [0.15, 0.2) is 0 Å². The van der Waals surface area contributed by atoms with Gasteiger partial charge < -0.3 is 9.47 Å². The second-order valence-electron chi connectivity index (χ2n) is 3.27. The maximum absolute atomic E-state index is 10.9. The molecule has 2 atom stereocenters. The topological polar surface area (TPSA) is 35.5 Å². The fraction of sp³-hybridized carbons (Fsp3) is 0.667. The quantitative estimate of drug-likeness (QED) is 0.433. The first kappa shape index (κ1) is 7.80. The highest BCUT2D eigenvalue weighted by atomic mass is 16.5. The van der Waals surface area contributed by atoms with Crippen molar-refractivity contribution < 1.29 is 14.3 Å². The first-order chi connectivity index (χ1) is 5.79. The fourth-order valence-corrected chi connectivity index (χ4v) is 1.89. The van der Waals surface area contributed by atoms with Gasteiger partial charge >= 0.3 is 5.97 Å². The standard InChI is InChI=1S/C9H12O3/c1-11-9(10)5-6-4-7-2-3-8(6)12-7/h5,7-8H,2-4H2,1H3/t7-,8+/m1/s1. The lowest BCUT2D eigenvalue weighted by molar-refractivity contribution is -0.134. The highest BCUT2D eigenvalue weighted by Crippen LogP contribution is 2.38. The predicted octanol–water partition coefficient (Wildman–Crippen LogP) is 1.04. The van der Waals surface area contributed by atoms with Crippen LogP contribution in [0, 0.1) is 0 Å². The molecule has 0 N–H and O–H groups in total. The van der Waals surface area contributed by atoms with Gasteiger partial charge in [-0.15, -0.1) is 0 Å². The molecule has 0 amide bonds. The Bertz CT molecular complexity index is 232. The highest BCUT2D eigenvalue weighted by Gasteiger charge is 2.36. The number of fused-ring (bicyclic) bond motifs is 2. The fourth-order valence-electron chi connectivity index (χ4n) is 1.89. The van der Waals surface area contributed by atoms with Crippen LogP contribution in [0.4, 0.5) is 0 Å². The highest BCUT2D eigenvalue weighted by molar-refractivity contribution is 5.83. The summed E-state index contributed by atoms with van der Waals surface area (Å²) in [6, 6.07) is 0. The van der Waals surface area contributed by atoms with E-state index in [1.807, 2.05) is 0 Å². The average Bonchev–Trinajstić information content (AvgIpc) is 2.64. The number of rotatable bonds is 1. The summed E-state index contributed by atoms with van der Waals surface area (Å²) in [5.74, 6) is -0.263. The van der Waals surface area contributed by atoms with Crippen LogP contribution in [0.5, 0.6) is 0 Å². The van der Waals surface area contributed by atoms with E-state index in [0.717, 1.165) is 24.8 Å². The van der Waals surface area contributed by atoms with Gasteiger partial charge in [0.05, 0.1) is 19.3 Å². The second-order valence-corrected chi connectivity index (χ2v) is 3.27. The summed E-state index contributed by atoms with van der Waals surface area (Å²) in [4.78, 5) is 10.9. The molecule has 0 aromatic rings. The molecule has 0 aromatic heterocycles. The monoisotopic (exact) mass is 168 g/mol. The Hall–Kier alpha value is -0.830. The Morgan fingerprint density at radius 2 is 2.50 bits per heavy atom. The van der Waals surface area contributed by atoms with Crippen LogP contribution in [0.2, 0.25) is 0 Å². The van der Waals surface area contributed by atoms with Crippen LogP contribution in [0.15, 0.2) is 11.6 Å². The maximum Gasteiger partial charge on any atom is 0.330 e. The van der Waals surface area contributed by atoms with Gasteiger partial charge in [0.25, 0.3) is 0 Å². The van der Waals surface area contributed by atoms with Crippen LogP contribution in [0.3, 0.4) is 0 Å². The van der Waals surface area contributed by atoms with E-state index in [-0.39, 0.29) is 12.1 Å². The van der Waals surface area contributed by atoms with Crippen molar-refractivity contribution in [3.8, 4) is 0 Å². The van der Waals surface area contributed by atoms with Gasteiger partial charge in [0.2, 0.25) is 0 Å². The molecule has 66 valence electrons. The minimum Gasteiger partial charge on any atom is -0.466 e. The van der Waals surface area contributed by atoms with Gasteiger partial charge in [-0.3, -0.25) is 0 Å². The number of methoxy groups -OCH3 is 1. The third kappa shape index (κ3) is 1.25. The molecular weight excluding hydrogens is 156 g/mol. The second kappa shape index (κ2) is 2.90. The van der Waals surface area contributed by atoms with Crippen LogP contribution in [-0.4, -0.2) is 25.3 Å². The zero-order valence-corrected chi connectivity index (χ0v) is 7.08. The first-order valence-electron chi connectivity index (χ1n) is 4.23. The van der Waals surface area contributed by atoms with Gasteiger partial charge in [-0.05, 0) is 24.8 Å². The van der Waals surface area contributed by atoms with Gasteiger partial charge in [0.1, 0.15) is 0 Å². The lowest BCUT2D eigenvalue weighted by Gasteiger charge is -2.07. The molecule has 2 heterocycles. The summed E-state index contributed by atoms with van der Waals surface area (Å²) in [5, 5.41) is 0. The van der Waals surface area contributed by atoms with Crippen molar-refractivity contribution in [1.29, 1.82) is 0 Å². The Balaban J connectivity index is 2.06. The van der Waals surface area contributed by atoms with Crippen LogP contribution < -0.4 is 0 Å². The molecule has 0 spiro atoms. The SMILES string of the molecule is COC(=O)C=C1C[C@H]2CC[C@@H]1O2. The minimum atomic E-state index is -0.263. The average molecular weight is 168 g/mol. The van der Waals surface area contributed by atoms with E-state index in [2.05, 4.69) is 4.74 Å². The molecule has 2 saturated heterocycles.